The molecular formula is C17H17F3N4O2. The highest BCUT2D eigenvalue weighted by atomic mass is 19.4. The molecule has 6 nitrogen and oxygen atoms in total. The molecule has 0 bridgehead atoms. The van der Waals surface area contributed by atoms with Crippen molar-refractivity contribution in [1.82, 2.24) is 19.7 Å². The van der Waals surface area contributed by atoms with Gasteiger partial charge in [0.25, 0.3) is 0 Å². The van der Waals surface area contributed by atoms with E-state index in [-0.39, 0.29) is 5.91 Å². The summed E-state index contributed by atoms with van der Waals surface area (Å²) in [4.78, 5) is 14.6. The van der Waals surface area contributed by atoms with E-state index in [1.165, 1.54) is 6.07 Å². The summed E-state index contributed by atoms with van der Waals surface area (Å²) >= 11 is 0. The first kappa shape index (κ1) is 17.0. The Morgan fingerprint density at radius 1 is 1.19 bits per heavy atom. The highest BCUT2D eigenvalue weighted by Crippen LogP contribution is 2.35. The molecule has 3 heterocycles. The van der Waals surface area contributed by atoms with E-state index in [2.05, 4.69) is 10.2 Å². The Labute approximate surface area is 147 Å². The van der Waals surface area contributed by atoms with E-state index in [9.17, 15) is 18.0 Å². The van der Waals surface area contributed by atoms with E-state index in [0.717, 1.165) is 12.1 Å². The number of hydrogen-bond acceptors (Lipinski definition) is 4. The van der Waals surface area contributed by atoms with Crippen LogP contribution in [-0.2, 0) is 22.1 Å². The van der Waals surface area contributed by atoms with E-state index in [4.69, 9.17) is 4.74 Å². The molecule has 1 aromatic carbocycles. The molecule has 1 unspecified atom stereocenters. The highest BCUT2D eigenvalue weighted by Gasteiger charge is 2.36. The van der Waals surface area contributed by atoms with E-state index in [1.54, 1.807) is 15.5 Å². The van der Waals surface area contributed by atoms with Gasteiger partial charge in [-0.1, -0.05) is 12.1 Å². The molecule has 1 saturated heterocycles. The van der Waals surface area contributed by atoms with Crippen LogP contribution in [0.1, 0.15) is 23.9 Å². The Morgan fingerprint density at radius 3 is 2.69 bits per heavy atom. The fraction of sp³-hybridized carbons (Fsp3) is 0.471. The third kappa shape index (κ3) is 2.96. The predicted octanol–water partition coefficient (Wildman–Crippen LogP) is 2.31. The van der Waals surface area contributed by atoms with E-state index < -0.39 is 17.8 Å². The number of rotatable bonds is 2. The summed E-state index contributed by atoms with van der Waals surface area (Å²) in [6, 6.07) is 4.48. The van der Waals surface area contributed by atoms with Crippen LogP contribution in [0.4, 0.5) is 13.2 Å². The normalized spacial score (nSPS) is 20.3. The van der Waals surface area contributed by atoms with Gasteiger partial charge < -0.3 is 9.64 Å². The maximum absolute atomic E-state index is 13.0. The first-order valence-corrected chi connectivity index (χ1v) is 8.43. The molecule has 0 saturated carbocycles. The zero-order chi connectivity index (χ0) is 18.3. The van der Waals surface area contributed by atoms with Gasteiger partial charge in [-0.2, -0.15) is 13.2 Å². The number of fused-ring (bicyclic) bond motifs is 1. The lowest BCUT2D eigenvalue weighted by molar-refractivity contribution is -0.139. The Bertz CT molecular complexity index is 828. The van der Waals surface area contributed by atoms with E-state index in [1.807, 2.05) is 0 Å². The van der Waals surface area contributed by atoms with Gasteiger partial charge in [-0.05, 0) is 18.6 Å². The van der Waals surface area contributed by atoms with Gasteiger partial charge in [0.15, 0.2) is 5.82 Å². The topological polar surface area (TPSA) is 60.2 Å². The van der Waals surface area contributed by atoms with Gasteiger partial charge in [0.2, 0.25) is 5.91 Å². The molecule has 138 valence electrons. The van der Waals surface area contributed by atoms with Crippen molar-refractivity contribution in [3.63, 3.8) is 0 Å². The summed E-state index contributed by atoms with van der Waals surface area (Å²) in [6.45, 7) is 2.03. The van der Waals surface area contributed by atoms with E-state index >= 15 is 0 Å². The number of carbonyl (C=O) groups excluding carboxylic acids is 1. The number of carbonyl (C=O) groups is 1. The van der Waals surface area contributed by atoms with Crippen LogP contribution in [0.15, 0.2) is 24.3 Å². The fourth-order valence-corrected chi connectivity index (χ4v) is 3.48. The van der Waals surface area contributed by atoms with Gasteiger partial charge in [-0.15, -0.1) is 10.2 Å². The number of benzene rings is 1. The number of ether oxygens (including phenoxy) is 1. The number of aryl methyl sites for hydroxylation is 1. The molecule has 26 heavy (non-hydrogen) atoms. The minimum atomic E-state index is -4.44. The molecule has 0 N–H and O–H groups in total. The summed E-state index contributed by atoms with van der Waals surface area (Å²) < 4.78 is 46.0. The van der Waals surface area contributed by atoms with Crippen molar-refractivity contribution in [2.75, 3.05) is 26.3 Å². The zero-order valence-electron chi connectivity index (χ0n) is 13.9. The van der Waals surface area contributed by atoms with Gasteiger partial charge in [0, 0.05) is 25.1 Å². The van der Waals surface area contributed by atoms with Crippen molar-refractivity contribution < 1.29 is 22.7 Å². The molecule has 1 aromatic heterocycles. The molecule has 1 amide bonds. The average Bonchev–Trinajstić information content (AvgIpc) is 3.23. The van der Waals surface area contributed by atoms with Gasteiger partial charge >= 0.3 is 6.18 Å². The number of aromatic nitrogens is 3. The van der Waals surface area contributed by atoms with Gasteiger partial charge in [0.05, 0.1) is 18.8 Å². The molecule has 1 fully saturated rings. The molecular weight excluding hydrogens is 349 g/mol. The standard InChI is InChI=1S/C17H17F3N4O2/c18-17(19,20)12-3-1-2-11(10-12)15-22-21-14-5-4-13(24(14)15)16(25)23-6-8-26-9-7-23/h1-3,10,13H,4-9H2. The second-order valence-corrected chi connectivity index (χ2v) is 6.38. The molecule has 2 aliphatic heterocycles. The monoisotopic (exact) mass is 366 g/mol. The average molecular weight is 366 g/mol. The molecule has 0 spiro atoms. The second-order valence-electron chi connectivity index (χ2n) is 6.38. The summed E-state index contributed by atoms with van der Waals surface area (Å²) in [5.41, 5.74) is -0.443. The van der Waals surface area contributed by atoms with Crippen molar-refractivity contribution >= 4 is 5.91 Å². The molecule has 0 radical (unpaired) electrons. The SMILES string of the molecule is O=C(C1CCc2nnc(-c3cccc(C(F)(F)F)c3)n21)N1CCOCC1. The van der Waals surface area contributed by atoms with Crippen molar-refractivity contribution in [2.24, 2.45) is 0 Å². The third-order valence-corrected chi connectivity index (χ3v) is 4.78. The van der Waals surface area contributed by atoms with Crippen LogP contribution in [0, 0.1) is 0 Å². The number of amides is 1. The molecule has 2 aliphatic rings. The lowest BCUT2D eigenvalue weighted by Gasteiger charge is -2.29. The largest absolute Gasteiger partial charge is 0.416 e. The van der Waals surface area contributed by atoms with E-state index in [0.29, 0.717) is 56.4 Å². The number of hydrogen-bond donors (Lipinski definition) is 0. The van der Waals surface area contributed by atoms with Crippen LogP contribution in [0.25, 0.3) is 11.4 Å². The zero-order valence-corrected chi connectivity index (χ0v) is 13.9. The van der Waals surface area contributed by atoms with Crippen LogP contribution in [0.2, 0.25) is 0 Å². The van der Waals surface area contributed by atoms with Crippen LogP contribution in [0.3, 0.4) is 0 Å². The fourth-order valence-electron chi connectivity index (χ4n) is 3.48. The van der Waals surface area contributed by atoms with Crippen molar-refractivity contribution in [3.05, 3.63) is 35.7 Å². The quantitative estimate of drug-likeness (QED) is 0.818. The van der Waals surface area contributed by atoms with Crippen LogP contribution < -0.4 is 0 Å². The number of morpholine rings is 1. The van der Waals surface area contributed by atoms with Crippen molar-refractivity contribution in [1.29, 1.82) is 0 Å². The summed E-state index contributed by atoms with van der Waals surface area (Å²) in [7, 11) is 0. The summed E-state index contributed by atoms with van der Waals surface area (Å²) in [5.74, 6) is 0.874. The second kappa shape index (κ2) is 6.39. The Kier molecular flexibility index (Phi) is 4.18. The van der Waals surface area contributed by atoms with Crippen LogP contribution in [0.5, 0.6) is 0 Å². The van der Waals surface area contributed by atoms with Gasteiger partial charge in [-0.3, -0.25) is 9.36 Å². The summed E-state index contributed by atoms with van der Waals surface area (Å²) in [5, 5.41) is 8.14. The number of alkyl halides is 3. The Balaban J connectivity index is 1.68. The highest BCUT2D eigenvalue weighted by molar-refractivity contribution is 5.82. The Morgan fingerprint density at radius 2 is 1.96 bits per heavy atom. The van der Waals surface area contributed by atoms with Crippen LogP contribution >= 0.6 is 0 Å². The molecule has 1 atom stereocenters. The summed E-state index contributed by atoms with van der Waals surface area (Å²) in [6.07, 6.45) is -3.29. The van der Waals surface area contributed by atoms with Gasteiger partial charge in [0.1, 0.15) is 11.9 Å². The van der Waals surface area contributed by atoms with Crippen LogP contribution in [-0.4, -0.2) is 51.9 Å². The molecule has 2 aromatic rings. The molecule has 4 rings (SSSR count). The minimum absolute atomic E-state index is 0.0555. The first-order chi connectivity index (χ1) is 12.4. The Hall–Kier alpha value is -2.42. The van der Waals surface area contributed by atoms with Gasteiger partial charge in [-0.25, -0.2) is 0 Å². The predicted molar refractivity (Wildman–Crippen MR) is 85.2 cm³/mol. The number of halogens is 3. The maximum atomic E-state index is 13.0. The lowest BCUT2D eigenvalue weighted by atomic mass is 10.1. The lowest BCUT2D eigenvalue weighted by Crippen LogP contribution is -2.43. The first-order valence-electron chi connectivity index (χ1n) is 8.43. The number of nitrogens with zero attached hydrogens (tertiary/aromatic N) is 4. The van der Waals surface area contributed by atoms with Crippen molar-refractivity contribution in [3.8, 4) is 11.4 Å². The maximum Gasteiger partial charge on any atom is 0.416 e. The minimum Gasteiger partial charge on any atom is -0.378 e. The van der Waals surface area contributed by atoms with Crippen molar-refractivity contribution in [2.45, 2.75) is 25.1 Å². The third-order valence-electron chi connectivity index (χ3n) is 4.78. The molecule has 9 heteroatoms. The smallest absolute Gasteiger partial charge is 0.378 e. The molecule has 0 aliphatic carbocycles.